The highest BCUT2D eigenvalue weighted by atomic mass is 35.5. The van der Waals surface area contributed by atoms with Crippen molar-refractivity contribution in [2.24, 2.45) is 0 Å². The van der Waals surface area contributed by atoms with Gasteiger partial charge in [0.25, 0.3) is 5.91 Å². The number of carbonyl (C=O) groups is 4. The number of para-hydroxylation sites is 2. The normalized spacial score (nSPS) is 11.4. The highest BCUT2D eigenvalue weighted by Gasteiger charge is 2.54. The summed E-state index contributed by atoms with van der Waals surface area (Å²) >= 11 is 0. The van der Waals surface area contributed by atoms with E-state index in [2.05, 4.69) is 4.74 Å². The quantitative estimate of drug-likeness (QED) is 0.211. The lowest BCUT2D eigenvalue weighted by atomic mass is 10.0. The predicted molar refractivity (Wildman–Crippen MR) is 132 cm³/mol. The number of hydrogen-bond acceptors (Lipinski definition) is 10. The molecule has 2 aromatic rings. The molecule has 0 aromatic heterocycles. The number of ether oxygens (including phenoxy) is 4. The monoisotopic (exact) mass is 531 g/mol. The number of methoxy groups -OCH3 is 2. The molecule has 1 atom stereocenters. The highest BCUT2D eigenvalue weighted by Crippen LogP contribution is 2.33. The van der Waals surface area contributed by atoms with E-state index in [1.54, 1.807) is 12.1 Å². The maximum atomic E-state index is 13.2. The van der Waals surface area contributed by atoms with Crippen LogP contribution in [0.2, 0.25) is 0 Å². The first-order chi connectivity index (χ1) is 15.6. The summed E-state index contributed by atoms with van der Waals surface area (Å²) in [5.41, 5.74) is 9.42. The number of nitrogens with zero attached hydrogens (tertiary/aromatic N) is 1. The minimum absolute atomic E-state index is 0. The number of rotatable bonds is 9. The molecule has 0 saturated heterocycles. The Bertz CT molecular complexity index is 1080. The number of esters is 2. The van der Waals surface area contributed by atoms with Crippen LogP contribution in [0.4, 0.5) is 11.4 Å². The molecule has 4 N–H and O–H groups in total. The van der Waals surface area contributed by atoms with Gasteiger partial charge in [-0.2, -0.15) is 0 Å². The fourth-order valence-electron chi connectivity index (χ4n) is 2.89. The van der Waals surface area contributed by atoms with E-state index in [-0.39, 0.29) is 53.3 Å². The van der Waals surface area contributed by atoms with Gasteiger partial charge in [-0.3, -0.25) is 14.5 Å². The van der Waals surface area contributed by atoms with Crippen LogP contribution in [0.5, 0.6) is 11.5 Å². The summed E-state index contributed by atoms with van der Waals surface area (Å²) < 4.78 is 20.6. The summed E-state index contributed by atoms with van der Waals surface area (Å²) in [4.78, 5) is 51.2. The molecule has 1 unspecified atom stereocenters. The molecule has 2 rings (SSSR count). The molecule has 0 aliphatic carbocycles. The molecule has 0 aliphatic heterocycles. The second kappa shape index (κ2) is 13.3. The van der Waals surface area contributed by atoms with Gasteiger partial charge in [0.1, 0.15) is 0 Å². The molecule has 0 saturated carbocycles. The van der Waals surface area contributed by atoms with Crippen molar-refractivity contribution in [1.82, 2.24) is 4.90 Å². The van der Waals surface area contributed by atoms with Crippen LogP contribution in [0.3, 0.4) is 0 Å². The number of benzene rings is 2. The van der Waals surface area contributed by atoms with Crippen LogP contribution in [0.25, 0.3) is 0 Å². The van der Waals surface area contributed by atoms with Crippen molar-refractivity contribution in [2.75, 3.05) is 39.3 Å². The van der Waals surface area contributed by atoms with E-state index in [4.69, 9.17) is 25.7 Å². The Labute approximate surface area is 214 Å². The van der Waals surface area contributed by atoms with Crippen molar-refractivity contribution in [2.45, 2.75) is 12.6 Å². The third-order valence-corrected chi connectivity index (χ3v) is 4.73. The van der Waals surface area contributed by atoms with E-state index < -0.39 is 36.0 Å². The van der Waals surface area contributed by atoms with E-state index in [0.717, 1.165) is 18.9 Å². The highest BCUT2D eigenvalue weighted by molar-refractivity contribution is 6.11. The molecule has 1 amide bonds. The minimum atomic E-state index is -2.52. The third kappa shape index (κ3) is 6.67. The van der Waals surface area contributed by atoms with Crippen LogP contribution < -0.4 is 20.9 Å². The van der Waals surface area contributed by atoms with Gasteiger partial charge in [0, 0.05) is 19.5 Å². The zero-order valence-corrected chi connectivity index (χ0v) is 21.1. The van der Waals surface area contributed by atoms with Gasteiger partial charge in [-0.25, -0.2) is 9.59 Å². The van der Waals surface area contributed by atoms with Gasteiger partial charge in [0.05, 0.1) is 25.6 Å². The Morgan fingerprint density at radius 2 is 1.51 bits per heavy atom. The molecule has 0 radical (unpaired) electrons. The minimum Gasteiger partial charge on any atom is -0.478 e. The van der Waals surface area contributed by atoms with Crippen molar-refractivity contribution in [1.29, 1.82) is 0 Å². The lowest BCUT2D eigenvalue weighted by molar-refractivity contribution is -0.177. The lowest BCUT2D eigenvalue weighted by Gasteiger charge is -2.37. The van der Waals surface area contributed by atoms with Crippen LogP contribution in [-0.4, -0.2) is 62.1 Å². The molecule has 13 heteroatoms. The maximum absolute atomic E-state index is 13.2. The largest absolute Gasteiger partial charge is 0.478 e. The Morgan fingerprint density at radius 1 is 0.914 bits per heavy atom. The maximum Gasteiger partial charge on any atom is 0.380 e. The molecule has 11 nitrogen and oxygen atoms in total. The van der Waals surface area contributed by atoms with E-state index in [1.807, 2.05) is 0 Å². The van der Waals surface area contributed by atoms with Crippen molar-refractivity contribution in [3.63, 3.8) is 0 Å². The second-order valence-corrected chi connectivity index (χ2v) is 6.81. The number of likely N-dealkylation sites (N-methyl/N-ethyl adjacent to an activating group) is 1. The molecule has 0 aliphatic rings. The zero-order valence-electron chi connectivity index (χ0n) is 19.4. The van der Waals surface area contributed by atoms with Gasteiger partial charge >= 0.3 is 17.7 Å². The number of ketones is 1. The molecule has 192 valence electrons. The smallest absolute Gasteiger partial charge is 0.380 e. The molecule has 0 bridgehead atoms. The fourth-order valence-corrected chi connectivity index (χ4v) is 2.89. The number of halogens is 2. The Kier molecular flexibility index (Phi) is 11.9. The van der Waals surface area contributed by atoms with Crippen molar-refractivity contribution in [3.8, 4) is 11.5 Å². The van der Waals surface area contributed by atoms with Crippen LogP contribution in [0.1, 0.15) is 17.3 Å². The Balaban J connectivity index is 0.00000578. The van der Waals surface area contributed by atoms with Crippen LogP contribution in [0.15, 0.2) is 42.5 Å². The van der Waals surface area contributed by atoms with Gasteiger partial charge in [-0.15, -0.1) is 24.8 Å². The summed E-state index contributed by atoms with van der Waals surface area (Å²) in [7, 11) is 3.43. The van der Waals surface area contributed by atoms with Crippen LogP contribution >= 0.6 is 24.8 Å². The molecule has 0 heterocycles. The molecule has 0 fully saturated rings. The summed E-state index contributed by atoms with van der Waals surface area (Å²) in [5, 5.41) is 0. The average Bonchev–Trinajstić information content (AvgIpc) is 2.81. The summed E-state index contributed by atoms with van der Waals surface area (Å²) in [5.74, 6) is -3.51. The standard InChI is InChI=1S/C22H25N3O8.2ClH/c1-13(26)22(21(29)31-4,25(2)20(28)14-9-10-15(23)16(24)11-14)33-18-8-6-5-7-17(18)32-12-19(27)30-3;;/h5-11H,12,23-24H2,1-4H3;2*1H. The van der Waals surface area contributed by atoms with Gasteiger partial charge in [-0.1, -0.05) is 12.1 Å². The molecule has 0 spiro atoms. The van der Waals surface area contributed by atoms with Gasteiger partial charge in [0.15, 0.2) is 18.1 Å². The van der Waals surface area contributed by atoms with Crippen molar-refractivity contribution >= 4 is 59.8 Å². The number of anilines is 2. The lowest BCUT2D eigenvalue weighted by Crippen LogP contribution is -2.64. The molecule has 2 aromatic carbocycles. The van der Waals surface area contributed by atoms with Crippen LogP contribution in [-0.2, 0) is 23.9 Å². The van der Waals surface area contributed by atoms with E-state index in [1.165, 1.54) is 44.5 Å². The molecule has 35 heavy (non-hydrogen) atoms. The summed E-state index contributed by atoms with van der Waals surface area (Å²) in [6.07, 6.45) is 0. The average molecular weight is 532 g/mol. The third-order valence-electron chi connectivity index (χ3n) is 4.73. The summed E-state index contributed by atoms with van der Waals surface area (Å²) in [6, 6.07) is 10.1. The van der Waals surface area contributed by atoms with Gasteiger partial charge in [0.2, 0.25) is 5.78 Å². The van der Waals surface area contributed by atoms with E-state index in [9.17, 15) is 19.2 Å². The number of carbonyl (C=O) groups excluding carboxylic acids is 4. The molecular formula is C22H27Cl2N3O8. The zero-order chi connectivity index (χ0) is 24.8. The fraction of sp³-hybridized carbons (Fsp3) is 0.273. The van der Waals surface area contributed by atoms with Crippen LogP contribution in [0, 0.1) is 0 Å². The predicted octanol–water partition coefficient (Wildman–Crippen LogP) is 1.86. The topological polar surface area (TPSA) is 160 Å². The van der Waals surface area contributed by atoms with Gasteiger partial charge in [-0.05, 0) is 30.3 Å². The Morgan fingerprint density at radius 3 is 2.03 bits per heavy atom. The SMILES string of the molecule is COC(=O)COc1ccccc1OC(C(C)=O)(C(=O)OC)N(C)C(=O)c1ccc(N)c(N)c1.Cl.Cl. The number of nitrogen functional groups attached to an aromatic ring is 2. The summed E-state index contributed by atoms with van der Waals surface area (Å²) in [6.45, 7) is 0.609. The number of nitrogens with two attached hydrogens (primary N) is 2. The van der Waals surface area contributed by atoms with Crippen molar-refractivity contribution < 1.29 is 38.1 Å². The molecular weight excluding hydrogens is 505 g/mol. The van der Waals surface area contributed by atoms with Crippen molar-refractivity contribution in [3.05, 3.63) is 48.0 Å². The first-order valence-electron chi connectivity index (χ1n) is 9.58. The van der Waals surface area contributed by atoms with E-state index in [0.29, 0.717) is 0 Å². The van der Waals surface area contributed by atoms with Gasteiger partial charge < -0.3 is 30.4 Å². The number of Topliss-reactive ketones (excluding diaryl/α,β-unsaturated/α-hetero) is 1. The van der Waals surface area contributed by atoms with E-state index >= 15 is 0 Å². The Hall–Kier alpha value is -3.70. The second-order valence-electron chi connectivity index (χ2n) is 6.81. The first-order valence-corrected chi connectivity index (χ1v) is 9.58. The number of hydrogen-bond donors (Lipinski definition) is 2. The number of amides is 1. The first kappa shape index (κ1) is 31.3.